The molecule has 7 heterocycles. The normalized spacial score (nSPS) is 27.1. The number of amides is 1. The van der Waals surface area contributed by atoms with Gasteiger partial charge in [-0.2, -0.15) is 9.97 Å². The Balaban J connectivity index is 1.30. The van der Waals surface area contributed by atoms with Crippen molar-refractivity contribution in [3.63, 3.8) is 0 Å². The number of alkyl halides is 1. The van der Waals surface area contributed by atoms with Gasteiger partial charge in [0, 0.05) is 37.8 Å². The second kappa shape index (κ2) is 11.2. The molecule has 0 unspecified atom stereocenters. The number of halogens is 2. The third-order valence-electron chi connectivity index (χ3n) is 10.1. The minimum atomic E-state index is -0.898. The Morgan fingerprint density at radius 1 is 1.13 bits per heavy atom. The van der Waals surface area contributed by atoms with E-state index in [1.807, 2.05) is 54.3 Å². The number of nitrogens with one attached hydrogen (secondary N) is 1. The van der Waals surface area contributed by atoms with Crippen molar-refractivity contribution in [3.05, 3.63) is 60.1 Å². The van der Waals surface area contributed by atoms with Gasteiger partial charge in [-0.3, -0.25) is 9.88 Å². The number of nitrogens with zero attached hydrogens (tertiary/aromatic N) is 5. The largest absolute Gasteiger partial charge is 0.461 e. The first-order valence-corrected chi connectivity index (χ1v) is 16.1. The summed E-state index contributed by atoms with van der Waals surface area (Å²) in [4.78, 5) is 31.3. The lowest BCUT2D eigenvalue weighted by atomic mass is 9.91. The summed E-state index contributed by atoms with van der Waals surface area (Å²) in [5.41, 5.74) is 0.706. The number of hydrogen-bond donors (Lipinski definition) is 1. The van der Waals surface area contributed by atoms with Crippen LogP contribution < -0.4 is 15.0 Å². The van der Waals surface area contributed by atoms with Gasteiger partial charge in [0.05, 0.1) is 16.5 Å². The number of ether oxygens (including phenoxy) is 2. The molecule has 6 bridgehead atoms. The van der Waals surface area contributed by atoms with Gasteiger partial charge in [0.15, 0.2) is 5.82 Å². The molecular weight excluding hydrogens is 590 g/mol. The first-order valence-electron chi connectivity index (χ1n) is 16.1. The lowest BCUT2D eigenvalue weighted by Crippen LogP contribution is -2.57. The lowest BCUT2D eigenvalue weighted by Gasteiger charge is -2.41. The molecule has 2 aromatic carbocycles. The van der Waals surface area contributed by atoms with E-state index in [0.717, 1.165) is 48.6 Å². The molecule has 1 amide bonds. The van der Waals surface area contributed by atoms with Crippen molar-refractivity contribution >= 4 is 39.7 Å². The Hall–Kier alpha value is -4.38. The van der Waals surface area contributed by atoms with Crippen molar-refractivity contribution in [2.24, 2.45) is 0 Å². The van der Waals surface area contributed by atoms with Crippen molar-refractivity contribution in [1.82, 2.24) is 25.2 Å². The Kier molecular flexibility index (Phi) is 7.04. The molecule has 2 aromatic heterocycles. The highest BCUT2D eigenvalue weighted by Gasteiger charge is 2.49. The maximum Gasteiger partial charge on any atom is 0.407 e. The summed E-state index contributed by atoms with van der Waals surface area (Å²) in [7, 11) is 0. The molecule has 3 atom stereocenters. The SMILES string of the molecule is C[C@@]12CCCN(C1)c1nc(OC[C@@]34CCCN3C[C@H](F)C4)nc3c(F)c(ncc13)-c1cccc3cccc(c13)/C=C/COC(=O)N2. The molecule has 9 rings (SSSR count). The van der Waals surface area contributed by atoms with E-state index in [9.17, 15) is 9.18 Å². The van der Waals surface area contributed by atoms with Crippen LogP contribution >= 0.6 is 0 Å². The summed E-state index contributed by atoms with van der Waals surface area (Å²) in [5, 5.41) is 5.25. The van der Waals surface area contributed by atoms with Gasteiger partial charge in [-0.1, -0.05) is 42.5 Å². The van der Waals surface area contributed by atoms with Gasteiger partial charge < -0.3 is 19.7 Å². The lowest BCUT2D eigenvalue weighted by molar-refractivity contribution is 0.107. The number of anilines is 1. The summed E-state index contributed by atoms with van der Waals surface area (Å²) in [6, 6.07) is 11.6. The zero-order valence-electron chi connectivity index (χ0n) is 25.8. The van der Waals surface area contributed by atoms with Crippen molar-refractivity contribution in [2.45, 2.75) is 56.3 Å². The van der Waals surface area contributed by atoms with E-state index in [2.05, 4.69) is 20.2 Å². The molecule has 46 heavy (non-hydrogen) atoms. The molecule has 0 aliphatic carbocycles. The highest BCUT2D eigenvalue weighted by Crippen LogP contribution is 2.41. The molecule has 0 spiro atoms. The van der Waals surface area contributed by atoms with Gasteiger partial charge in [0.25, 0.3) is 0 Å². The van der Waals surface area contributed by atoms with Gasteiger partial charge in [0.2, 0.25) is 0 Å². The highest BCUT2D eigenvalue weighted by molar-refractivity contribution is 6.03. The number of alkyl carbamates (subject to hydrolysis) is 1. The van der Waals surface area contributed by atoms with Crippen LogP contribution in [0.5, 0.6) is 6.01 Å². The zero-order valence-corrected chi connectivity index (χ0v) is 25.8. The standard InChI is InChI=1S/C35H36F2N6O3/c1-34-12-5-14-42(20-34)31-26-18-38-29(25-11-3-9-22-7-2-8-23(27(22)25)10-4-16-45-33(44)41-34)28(37)30(26)39-32(40-31)46-21-35-13-6-15-43(35)19-24(36)17-35/h2-4,7-11,18,24H,5-6,12-17,19-21H2,1H3,(H,41,44)/b10-4+/t24-,34-,35+/m1/s1. The monoisotopic (exact) mass is 626 g/mol. The molecule has 0 radical (unpaired) electrons. The molecule has 5 aliphatic heterocycles. The first kappa shape index (κ1) is 29.1. The fourth-order valence-corrected chi connectivity index (χ4v) is 7.97. The molecular formula is C35H36F2N6O3. The quantitative estimate of drug-likeness (QED) is 0.294. The molecule has 5 aliphatic rings. The molecule has 9 nitrogen and oxygen atoms in total. The predicted octanol–water partition coefficient (Wildman–Crippen LogP) is 6.05. The zero-order chi connectivity index (χ0) is 31.5. The van der Waals surface area contributed by atoms with Crippen LogP contribution in [-0.2, 0) is 4.74 Å². The molecule has 1 N–H and O–H groups in total. The van der Waals surface area contributed by atoms with Gasteiger partial charge in [-0.25, -0.2) is 13.6 Å². The number of carbonyl (C=O) groups excluding carboxylic acids is 1. The van der Waals surface area contributed by atoms with Crippen LogP contribution in [0.2, 0.25) is 0 Å². The van der Waals surface area contributed by atoms with Gasteiger partial charge in [-0.05, 0) is 61.6 Å². The number of aromatic nitrogens is 3. The molecule has 0 saturated carbocycles. The van der Waals surface area contributed by atoms with E-state index < -0.39 is 29.2 Å². The van der Waals surface area contributed by atoms with Crippen LogP contribution in [0.25, 0.3) is 39.0 Å². The molecule has 238 valence electrons. The van der Waals surface area contributed by atoms with E-state index in [4.69, 9.17) is 14.5 Å². The summed E-state index contributed by atoms with van der Waals surface area (Å²) in [5.74, 6) is -0.0810. The van der Waals surface area contributed by atoms with Crippen LogP contribution in [-0.4, -0.2) is 82.6 Å². The highest BCUT2D eigenvalue weighted by atomic mass is 19.1. The van der Waals surface area contributed by atoms with Crippen molar-refractivity contribution in [1.29, 1.82) is 0 Å². The van der Waals surface area contributed by atoms with Crippen LogP contribution in [0, 0.1) is 5.82 Å². The van der Waals surface area contributed by atoms with Gasteiger partial charge in [-0.15, -0.1) is 0 Å². The predicted molar refractivity (Wildman–Crippen MR) is 172 cm³/mol. The number of rotatable bonds is 3. The maximum atomic E-state index is 16.9. The number of carbonyl (C=O) groups is 1. The number of hydrogen-bond acceptors (Lipinski definition) is 8. The fourth-order valence-electron chi connectivity index (χ4n) is 7.97. The van der Waals surface area contributed by atoms with Crippen molar-refractivity contribution < 1.29 is 23.0 Å². The van der Waals surface area contributed by atoms with E-state index in [0.29, 0.717) is 42.8 Å². The third kappa shape index (κ3) is 5.01. The minimum Gasteiger partial charge on any atom is -0.461 e. The second-order valence-corrected chi connectivity index (χ2v) is 13.3. The Morgan fingerprint density at radius 3 is 2.87 bits per heavy atom. The number of benzene rings is 2. The van der Waals surface area contributed by atoms with Gasteiger partial charge >= 0.3 is 12.1 Å². The average Bonchev–Trinajstić information content (AvgIpc) is 3.57. The van der Waals surface area contributed by atoms with E-state index >= 15 is 4.39 Å². The maximum absolute atomic E-state index is 16.9. The smallest absolute Gasteiger partial charge is 0.407 e. The third-order valence-corrected chi connectivity index (χ3v) is 10.1. The molecule has 3 saturated heterocycles. The summed E-state index contributed by atoms with van der Waals surface area (Å²) >= 11 is 0. The average molecular weight is 627 g/mol. The number of piperidine rings is 1. The fraction of sp³-hybridized carbons (Fsp3) is 0.429. The summed E-state index contributed by atoms with van der Waals surface area (Å²) in [6.07, 6.45) is 7.61. The second-order valence-electron chi connectivity index (χ2n) is 13.3. The summed E-state index contributed by atoms with van der Waals surface area (Å²) < 4.78 is 43.2. The topological polar surface area (TPSA) is 92.7 Å². The van der Waals surface area contributed by atoms with Crippen LogP contribution in [0.4, 0.5) is 19.4 Å². The van der Waals surface area contributed by atoms with Crippen LogP contribution in [0.1, 0.15) is 44.6 Å². The van der Waals surface area contributed by atoms with E-state index in [-0.39, 0.29) is 30.4 Å². The molecule has 11 heteroatoms. The van der Waals surface area contributed by atoms with E-state index in [1.165, 1.54) is 0 Å². The Morgan fingerprint density at radius 2 is 1.98 bits per heavy atom. The molecule has 3 fully saturated rings. The van der Waals surface area contributed by atoms with Crippen LogP contribution in [0.15, 0.2) is 48.7 Å². The van der Waals surface area contributed by atoms with E-state index in [1.54, 1.807) is 12.3 Å². The summed E-state index contributed by atoms with van der Waals surface area (Å²) in [6.45, 7) is 4.57. The van der Waals surface area contributed by atoms with Crippen molar-refractivity contribution in [3.8, 4) is 17.3 Å². The van der Waals surface area contributed by atoms with Gasteiger partial charge in [0.1, 0.15) is 36.4 Å². The number of fused-ring (bicyclic) bond motifs is 6. The molecule has 4 aromatic rings. The first-order chi connectivity index (χ1) is 22.3. The Labute approximate surface area is 265 Å². The van der Waals surface area contributed by atoms with Crippen LogP contribution in [0.3, 0.4) is 0 Å². The minimum absolute atomic E-state index is 0.0428. The van der Waals surface area contributed by atoms with Crippen molar-refractivity contribution in [2.75, 3.05) is 44.3 Å². The Bertz CT molecular complexity index is 1880. The number of pyridine rings is 1.